The lowest BCUT2D eigenvalue weighted by molar-refractivity contribution is -0.137. The number of rotatable bonds is 5. The topological polar surface area (TPSA) is 53.1 Å². The second-order valence-electron chi connectivity index (χ2n) is 6.61. The average molecular weight is 361 g/mol. The van der Waals surface area contributed by atoms with E-state index in [4.69, 9.17) is 4.74 Å². The Hall–Kier alpha value is -1.70. The predicted molar refractivity (Wildman–Crippen MR) is 96.0 cm³/mol. The van der Waals surface area contributed by atoms with Crippen LogP contribution in [0.2, 0.25) is 0 Å². The number of nitrogens with zero attached hydrogens (tertiary/aromatic N) is 3. The van der Waals surface area contributed by atoms with E-state index >= 15 is 0 Å². The molecular weight excluding hydrogens is 338 g/mol. The van der Waals surface area contributed by atoms with Gasteiger partial charge in [-0.1, -0.05) is 6.07 Å². The van der Waals surface area contributed by atoms with Gasteiger partial charge in [-0.25, -0.2) is 0 Å². The molecule has 25 heavy (non-hydrogen) atoms. The van der Waals surface area contributed by atoms with Crippen LogP contribution in [0.4, 0.5) is 0 Å². The van der Waals surface area contributed by atoms with Gasteiger partial charge in [0.1, 0.15) is 5.70 Å². The van der Waals surface area contributed by atoms with Gasteiger partial charge in [0.05, 0.1) is 18.8 Å². The van der Waals surface area contributed by atoms with Gasteiger partial charge in [-0.3, -0.25) is 19.4 Å². The zero-order valence-electron chi connectivity index (χ0n) is 14.3. The Kier molecular flexibility index (Phi) is 4.87. The summed E-state index contributed by atoms with van der Waals surface area (Å²) in [5.74, 6) is -0.258. The van der Waals surface area contributed by atoms with Crippen molar-refractivity contribution in [2.45, 2.75) is 12.8 Å². The third-order valence-corrected chi connectivity index (χ3v) is 5.96. The number of hydrogen-bond acceptors (Lipinski definition) is 6. The lowest BCUT2D eigenvalue weighted by Gasteiger charge is -2.28. The maximum Gasteiger partial charge on any atom is 0.277 e. The number of morpholine rings is 1. The SMILES string of the molecule is O=C1C(c2cccs2)=C(N2CCCC2)C(=O)N1CCN1CCOCC1. The zero-order valence-corrected chi connectivity index (χ0v) is 15.1. The number of thiophene rings is 1. The number of imide groups is 1. The lowest BCUT2D eigenvalue weighted by atomic mass is 10.2. The summed E-state index contributed by atoms with van der Waals surface area (Å²) in [7, 11) is 0. The van der Waals surface area contributed by atoms with E-state index in [1.54, 1.807) is 0 Å². The van der Waals surface area contributed by atoms with E-state index in [-0.39, 0.29) is 11.8 Å². The van der Waals surface area contributed by atoms with Crippen LogP contribution in [0.3, 0.4) is 0 Å². The Balaban J connectivity index is 1.55. The summed E-state index contributed by atoms with van der Waals surface area (Å²) in [6, 6.07) is 3.87. The van der Waals surface area contributed by atoms with Crippen molar-refractivity contribution < 1.29 is 14.3 Å². The summed E-state index contributed by atoms with van der Waals surface area (Å²) in [6.45, 7) is 6.05. The first-order valence-electron chi connectivity index (χ1n) is 8.95. The molecule has 4 heterocycles. The molecule has 0 spiro atoms. The van der Waals surface area contributed by atoms with Gasteiger partial charge in [0.15, 0.2) is 0 Å². The third-order valence-electron chi connectivity index (χ3n) is 5.08. The first kappa shape index (κ1) is 16.8. The van der Waals surface area contributed by atoms with E-state index in [1.807, 2.05) is 17.5 Å². The van der Waals surface area contributed by atoms with Crippen molar-refractivity contribution in [2.75, 3.05) is 52.5 Å². The van der Waals surface area contributed by atoms with Gasteiger partial charge in [0.2, 0.25) is 0 Å². The van der Waals surface area contributed by atoms with Crippen LogP contribution in [0, 0.1) is 0 Å². The molecule has 2 amide bonds. The third kappa shape index (κ3) is 3.23. The van der Waals surface area contributed by atoms with Crippen LogP contribution in [0.25, 0.3) is 5.57 Å². The predicted octanol–water partition coefficient (Wildman–Crippen LogP) is 1.26. The molecule has 0 saturated carbocycles. The largest absolute Gasteiger partial charge is 0.379 e. The molecule has 7 heteroatoms. The summed E-state index contributed by atoms with van der Waals surface area (Å²) in [5, 5.41) is 1.96. The minimum atomic E-state index is -0.136. The molecule has 6 nitrogen and oxygen atoms in total. The molecule has 0 aliphatic carbocycles. The molecule has 1 aromatic heterocycles. The molecule has 0 N–H and O–H groups in total. The van der Waals surface area contributed by atoms with Gasteiger partial charge in [0, 0.05) is 44.1 Å². The van der Waals surface area contributed by atoms with Crippen molar-refractivity contribution in [1.82, 2.24) is 14.7 Å². The number of carbonyl (C=O) groups excluding carboxylic acids is 2. The fourth-order valence-corrected chi connectivity index (χ4v) is 4.47. The van der Waals surface area contributed by atoms with Crippen LogP contribution in [0.1, 0.15) is 17.7 Å². The molecule has 0 unspecified atom stereocenters. The molecule has 134 valence electrons. The molecule has 3 aliphatic heterocycles. The first-order chi connectivity index (χ1) is 12.3. The Labute approximate surface area is 151 Å². The zero-order chi connectivity index (χ0) is 17.2. The summed E-state index contributed by atoms with van der Waals surface area (Å²) < 4.78 is 5.36. The molecule has 1 aromatic rings. The van der Waals surface area contributed by atoms with Crippen LogP contribution in [-0.2, 0) is 14.3 Å². The molecule has 3 aliphatic rings. The van der Waals surface area contributed by atoms with Crippen LogP contribution in [-0.4, -0.2) is 79.0 Å². The van der Waals surface area contributed by atoms with Crippen LogP contribution >= 0.6 is 11.3 Å². The Morgan fingerprint density at radius 3 is 2.44 bits per heavy atom. The highest BCUT2D eigenvalue weighted by molar-refractivity contribution is 7.11. The second-order valence-corrected chi connectivity index (χ2v) is 7.56. The van der Waals surface area contributed by atoms with Crippen molar-refractivity contribution in [1.29, 1.82) is 0 Å². The van der Waals surface area contributed by atoms with Crippen molar-refractivity contribution >= 4 is 28.7 Å². The molecule has 4 rings (SSSR count). The number of likely N-dealkylation sites (tertiary alicyclic amines) is 1. The minimum absolute atomic E-state index is 0.122. The fourth-order valence-electron chi connectivity index (χ4n) is 3.71. The minimum Gasteiger partial charge on any atom is -0.379 e. The molecule has 0 atom stereocenters. The summed E-state index contributed by atoms with van der Waals surface area (Å²) in [4.78, 5) is 32.8. The highest BCUT2D eigenvalue weighted by Gasteiger charge is 2.42. The quantitative estimate of drug-likeness (QED) is 0.739. The van der Waals surface area contributed by atoms with E-state index in [0.717, 1.165) is 57.1 Å². The Bertz CT molecular complexity index is 674. The maximum absolute atomic E-state index is 13.0. The van der Waals surface area contributed by atoms with E-state index < -0.39 is 0 Å². The fraction of sp³-hybridized carbons (Fsp3) is 0.556. The highest BCUT2D eigenvalue weighted by atomic mass is 32.1. The van der Waals surface area contributed by atoms with Crippen molar-refractivity contribution in [3.05, 3.63) is 28.1 Å². The molecular formula is C18H23N3O3S. The lowest BCUT2D eigenvalue weighted by Crippen LogP contribution is -2.44. The highest BCUT2D eigenvalue weighted by Crippen LogP contribution is 2.35. The number of amides is 2. The number of carbonyl (C=O) groups is 2. The van der Waals surface area contributed by atoms with E-state index in [1.165, 1.54) is 16.2 Å². The van der Waals surface area contributed by atoms with Crippen molar-refractivity contribution in [3.8, 4) is 0 Å². The Morgan fingerprint density at radius 2 is 1.76 bits per heavy atom. The number of ether oxygens (including phenoxy) is 1. The maximum atomic E-state index is 13.0. The average Bonchev–Trinajstić information content (AvgIpc) is 3.36. The van der Waals surface area contributed by atoms with E-state index in [2.05, 4.69) is 9.80 Å². The summed E-state index contributed by atoms with van der Waals surface area (Å²) in [6.07, 6.45) is 2.16. The van der Waals surface area contributed by atoms with Crippen molar-refractivity contribution in [2.24, 2.45) is 0 Å². The standard InChI is InChI=1S/C18H23N3O3S/c22-17-15(14-4-3-13-25-14)16(20-5-1-2-6-20)18(23)21(17)8-7-19-9-11-24-12-10-19/h3-4,13H,1-2,5-12H2. The van der Waals surface area contributed by atoms with Gasteiger partial charge in [0.25, 0.3) is 11.8 Å². The van der Waals surface area contributed by atoms with Gasteiger partial charge in [-0.15, -0.1) is 11.3 Å². The molecule has 2 saturated heterocycles. The van der Waals surface area contributed by atoms with Gasteiger partial charge in [-0.05, 0) is 24.3 Å². The molecule has 0 bridgehead atoms. The summed E-state index contributed by atoms with van der Waals surface area (Å²) in [5.41, 5.74) is 1.22. The van der Waals surface area contributed by atoms with Crippen LogP contribution in [0.15, 0.2) is 23.2 Å². The normalized spacial score (nSPS) is 22.6. The van der Waals surface area contributed by atoms with Crippen molar-refractivity contribution in [3.63, 3.8) is 0 Å². The van der Waals surface area contributed by atoms with Gasteiger partial charge < -0.3 is 9.64 Å². The number of hydrogen-bond donors (Lipinski definition) is 0. The van der Waals surface area contributed by atoms with Gasteiger partial charge in [-0.2, -0.15) is 0 Å². The molecule has 0 aromatic carbocycles. The smallest absolute Gasteiger partial charge is 0.277 e. The second kappa shape index (κ2) is 7.27. The monoisotopic (exact) mass is 361 g/mol. The van der Waals surface area contributed by atoms with Crippen LogP contribution in [0.5, 0.6) is 0 Å². The van der Waals surface area contributed by atoms with Crippen LogP contribution < -0.4 is 0 Å². The molecule has 2 fully saturated rings. The Morgan fingerprint density at radius 1 is 1.00 bits per heavy atom. The first-order valence-corrected chi connectivity index (χ1v) is 9.83. The van der Waals surface area contributed by atoms with E-state index in [0.29, 0.717) is 24.4 Å². The van der Waals surface area contributed by atoms with Gasteiger partial charge >= 0.3 is 0 Å². The van der Waals surface area contributed by atoms with E-state index in [9.17, 15) is 9.59 Å². The molecule has 0 radical (unpaired) electrons. The summed E-state index contributed by atoms with van der Waals surface area (Å²) >= 11 is 1.53.